The fourth-order valence-electron chi connectivity index (χ4n) is 5.61. The highest BCUT2D eigenvalue weighted by Gasteiger charge is 2.19. The van der Waals surface area contributed by atoms with Crippen molar-refractivity contribution in [1.82, 2.24) is 0 Å². The van der Waals surface area contributed by atoms with Gasteiger partial charge < -0.3 is 20.4 Å². The maximum absolute atomic E-state index is 11.6. The van der Waals surface area contributed by atoms with Gasteiger partial charge >= 0.3 is 0 Å². The topological polar surface area (TPSA) is 80.9 Å². The molecule has 0 aliphatic carbocycles. The van der Waals surface area contributed by atoms with E-state index >= 15 is 0 Å². The number of phenols is 4. The zero-order chi connectivity index (χ0) is 31.6. The predicted octanol–water partition coefficient (Wildman–Crippen LogP) is 9.77. The van der Waals surface area contributed by atoms with E-state index in [9.17, 15) is 20.4 Å². The summed E-state index contributed by atoms with van der Waals surface area (Å²) in [5, 5.41) is 44.5. The second-order valence-electron chi connectivity index (χ2n) is 13.3. The Labute approximate surface area is 257 Å². The largest absolute Gasteiger partial charge is 0.508 e. The van der Waals surface area contributed by atoms with Gasteiger partial charge in [0, 0.05) is 19.3 Å². The van der Waals surface area contributed by atoms with E-state index in [0.717, 1.165) is 55.6 Å². The number of hydrogen-bond donors (Lipinski definition) is 4. The van der Waals surface area contributed by atoms with Crippen LogP contribution in [-0.4, -0.2) is 20.4 Å². The molecule has 0 saturated carbocycles. The first-order chi connectivity index (χ1) is 20.2. The van der Waals surface area contributed by atoms with Gasteiger partial charge in [-0.2, -0.15) is 0 Å². The Bertz CT molecular complexity index is 1470. The molecule has 4 aromatic rings. The van der Waals surface area contributed by atoms with E-state index in [-0.39, 0.29) is 34.8 Å². The van der Waals surface area contributed by atoms with Crippen LogP contribution in [0.2, 0.25) is 0 Å². The SMILES string of the molecule is CC(C)c1ccc(O)c(Cc2cc(C(C)C)cc(Cc3cc(C(C)C)cc(Cc4cc(C(C)C)ccc4O)c3O)c2O)c1. The quantitative estimate of drug-likeness (QED) is 0.150. The normalized spacial score (nSPS) is 11.8. The molecule has 0 aliphatic heterocycles. The lowest BCUT2D eigenvalue weighted by atomic mass is 9.88. The molecule has 0 fully saturated rings. The highest BCUT2D eigenvalue weighted by atomic mass is 16.3. The van der Waals surface area contributed by atoms with Crippen LogP contribution in [0.15, 0.2) is 60.7 Å². The fraction of sp³-hybridized carbons (Fsp3) is 0.385. The molecule has 4 nitrogen and oxygen atoms in total. The molecule has 43 heavy (non-hydrogen) atoms. The number of aromatic hydroxyl groups is 4. The molecule has 4 aromatic carbocycles. The van der Waals surface area contributed by atoms with Gasteiger partial charge in [-0.15, -0.1) is 0 Å². The molecule has 4 N–H and O–H groups in total. The lowest BCUT2D eigenvalue weighted by molar-refractivity contribution is 0.454. The molecular weight excluding hydrogens is 532 g/mol. The van der Waals surface area contributed by atoms with Crippen LogP contribution in [0.25, 0.3) is 0 Å². The van der Waals surface area contributed by atoms with E-state index in [2.05, 4.69) is 55.4 Å². The summed E-state index contributed by atoms with van der Waals surface area (Å²) >= 11 is 0. The number of phenolic OH excluding ortho intramolecular Hbond substituents is 4. The van der Waals surface area contributed by atoms with Crippen LogP contribution in [0.3, 0.4) is 0 Å². The Hall–Kier alpha value is -3.92. The highest BCUT2D eigenvalue weighted by molar-refractivity contribution is 5.54. The molecule has 0 aliphatic rings. The molecule has 0 saturated heterocycles. The van der Waals surface area contributed by atoms with Crippen LogP contribution in [-0.2, 0) is 19.3 Å². The number of hydrogen-bond acceptors (Lipinski definition) is 4. The van der Waals surface area contributed by atoms with E-state index in [1.54, 1.807) is 12.1 Å². The first-order valence-electron chi connectivity index (χ1n) is 15.6. The van der Waals surface area contributed by atoms with Gasteiger partial charge in [-0.1, -0.05) is 104 Å². The first kappa shape index (κ1) is 32.0. The van der Waals surface area contributed by atoms with Crippen LogP contribution in [0.5, 0.6) is 23.0 Å². The first-order valence-corrected chi connectivity index (χ1v) is 15.6. The summed E-state index contributed by atoms with van der Waals surface area (Å²) in [4.78, 5) is 0. The Morgan fingerprint density at radius 3 is 0.907 bits per heavy atom. The molecule has 4 rings (SSSR count). The lowest BCUT2D eigenvalue weighted by Gasteiger charge is -2.19. The van der Waals surface area contributed by atoms with Crippen LogP contribution >= 0.6 is 0 Å². The minimum absolute atomic E-state index is 0.192. The lowest BCUT2D eigenvalue weighted by Crippen LogP contribution is -2.03. The highest BCUT2D eigenvalue weighted by Crippen LogP contribution is 2.38. The molecule has 0 atom stereocenters. The molecule has 0 unspecified atom stereocenters. The Balaban J connectivity index is 1.78. The van der Waals surface area contributed by atoms with Crippen LogP contribution in [0, 0.1) is 0 Å². The average molecular weight is 581 g/mol. The van der Waals surface area contributed by atoms with Crippen molar-refractivity contribution < 1.29 is 20.4 Å². The second-order valence-corrected chi connectivity index (χ2v) is 13.3. The van der Waals surface area contributed by atoms with Crippen molar-refractivity contribution in [3.8, 4) is 23.0 Å². The average Bonchev–Trinajstić information content (AvgIpc) is 2.94. The van der Waals surface area contributed by atoms with Gasteiger partial charge in [-0.3, -0.25) is 0 Å². The van der Waals surface area contributed by atoms with Crippen LogP contribution in [0.4, 0.5) is 0 Å². The van der Waals surface area contributed by atoms with Crippen molar-refractivity contribution in [1.29, 1.82) is 0 Å². The zero-order valence-electron chi connectivity index (χ0n) is 27.0. The summed E-state index contributed by atoms with van der Waals surface area (Å²) < 4.78 is 0. The van der Waals surface area contributed by atoms with Crippen molar-refractivity contribution in [2.45, 2.75) is 98.3 Å². The van der Waals surface area contributed by atoms with E-state index in [4.69, 9.17) is 0 Å². The van der Waals surface area contributed by atoms with Gasteiger partial charge in [-0.25, -0.2) is 0 Å². The fourth-order valence-corrected chi connectivity index (χ4v) is 5.61. The van der Waals surface area contributed by atoms with Gasteiger partial charge in [-0.05, 0) is 91.4 Å². The Morgan fingerprint density at radius 2 is 0.628 bits per heavy atom. The van der Waals surface area contributed by atoms with Gasteiger partial charge in [0.15, 0.2) is 0 Å². The van der Waals surface area contributed by atoms with Gasteiger partial charge in [0.2, 0.25) is 0 Å². The summed E-state index contributed by atoms with van der Waals surface area (Å²) in [6.45, 7) is 17.0. The number of benzene rings is 4. The van der Waals surface area contributed by atoms with E-state index in [1.165, 1.54) is 0 Å². The van der Waals surface area contributed by atoms with E-state index in [1.807, 2.05) is 48.5 Å². The third-order valence-electron chi connectivity index (χ3n) is 8.60. The maximum atomic E-state index is 11.6. The summed E-state index contributed by atoms with van der Waals surface area (Å²) in [5.41, 5.74) is 9.03. The van der Waals surface area contributed by atoms with Crippen LogP contribution in [0.1, 0.15) is 135 Å². The zero-order valence-corrected chi connectivity index (χ0v) is 27.0. The third-order valence-corrected chi connectivity index (χ3v) is 8.60. The molecule has 0 radical (unpaired) electrons. The number of rotatable bonds is 10. The van der Waals surface area contributed by atoms with E-state index in [0.29, 0.717) is 31.1 Å². The van der Waals surface area contributed by atoms with E-state index < -0.39 is 0 Å². The molecule has 0 aromatic heterocycles. The van der Waals surface area contributed by atoms with Gasteiger partial charge in [0.1, 0.15) is 23.0 Å². The van der Waals surface area contributed by atoms with Crippen molar-refractivity contribution in [3.63, 3.8) is 0 Å². The molecule has 4 heteroatoms. The molecular formula is C39H48O4. The molecule has 0 heterocycles. The molecule has 228 valence electrons. The Morgan fingerprint density at radius 1 is 0.372 bits per heavy atom. The molecule has 0 amide bonds. The standard InChI is InChI=1S/C39H48O4/c1-22(2)26-9-11-36(40)30(13-26)19-32-15-28(24(5)6)17-34(38(32)42)21-35-18-29(25(7)8)16-33(39(35)43)20-31-14-27(23(3)4)10-12-37(31)41/h9-18,22-25,40-43H,19-21H2,1-8H3. The van der Waals surface area contributed by atoms with Gasteiger partial charge in [0.25, 0.3) is 0 Å². The van der Waals surface area contributed by atoms with Crippen molar-refractivity contribution >= 4 is 0 Å². The summed E-state index contributed by atoms with van der Waals surface area (Å²) in [6, 6.07) is 19.5. The predicted molar refractivity (Wildman–Crippen MR) is 177 cm³/mol. The Kier molecular flexibility index (Phi) is 9.79. The minimum Gasteiger partial charge on any atom is -0.508 e. The third kappa shape index (κ3) is 7.36. The summed E-state index contributed by atoms with van der Waals surface area (Å²) in [7, 11) is 0. The van der Waals surface area contributed by atoms with Gasteiger partial charge in [0.05, 0.1) is 0 Å². The second kappa shape index (κ2) is 13.2. The van der Waals surface area contributed by atoms with Crippen molar-refractivity contribution in [3.05, 3.63) is 116 Å². The summed E-state index contributed by atoms with van der Waals surface area (Å²) in [6.07, 6.45) is 1.16. The van der Waals surface area contributed by atoms with Crippen LogP contribution < -0.4 is 0 Å². The monoisotopic (exact) mass is 580 g/mol. The minimum atomic E-state index is 0.192. The molecule has 0 bridgehead atoms. The summed E-state index contributed by atoms with van der Waals surface area (Å²) in [5.74, 6) is 1.94. The van der Waals surface area contributed by atoms with Crippen molar-refractivity contribution in [2.24, 2.45) is 0 Å². The van der Waals surface area contributed by atoms with Crippen molar-refractivity contribution in [2.75, 3.05) is 0 Å². The maximum Gasteiger partial charge on any atom is 0.122 e. The molecule has 0 spiro atoms. The smallest absolute Gasteiger partial charge is 0.122 e.